The van der Waals surface area contributed by atoms with Crippen LogP contribution in [-0.4, -0.2) is 10.8 Å². The van der Waals surface area contributed by atoms with Gasteiger partial charge >= 0.3 is 0 Å². The highest BCUT2D eigenvalue weighted by Crippen LogP contribution is 2.13. The molecule has 1 heterocycles. The van der Waals surface area contributed by atoms with Crippen LogP contribution < -0.4 is 0 Å². The largest absolute Gasteiger partial charge is 0.350 e. The molecule has 0 fully saturated rings. The van der Waals surface area contributed by atoms with Crippen molar-refractivity contribution in [3.63, 3.8) is 0 Å². The van der Waals surface area contributed by atoms with Crippen molar-refractivity contribution in [3.05, 3.63) is 53.9 Å². The number of aryl methyl sites for hydroxylation is 2. The van der Waals surface area contributed by atoms with Gasteiger partial charge in [-0.05, 0) is 36.2 Å². The predicted octanol–water partition coefficient (Wildman–Crippen LogP) is 3.34. The van der Waals surface area contributed by atoms with Crippen molar-refractivity contribution in [3.8, 4) is 0 Å². The molecule has 0 spiro atoms. The molecule has 0 unspecified atom stereocenters. The smallest absolute Gasteiger partial charge is 0.0630 e. The van der Waals surface area contributed by atoms with Crippen LogP contribution in [0.1, 0.15) is 18.2 Å². The maximum atomic E-state index is 4.44. The zero-order valence-electron chi connectivity index (χ0n) is 9.72. The molecule has 0 radical (unpaired) electrons. The van der Waals surface area contributed by atoms with Gasteiger partial charge in [0.15, 0.2) is 0 Å². The zero-order valence-corrected chi connectivity index (χ0v) is 9.72. The monoisotopic (exact) mass is 212 g/mol. The van der Waals surface area contributed by atoms with Crippen molar-refractivity contribution in [2.45, 2.75) is 13.3 Å². The summed E-state index contributed by atoms with van der Waals surface area (Å²) in [5.41, 5.74) is 3.45. The average Bonchev–Trinajstić information content (AvgIpc) is 2.73. The van der Waals surface area contributed by atoms with Crippen LogP contribution in [0.15, 0.2) is 47.6 Å². The molecule has 2 nitrogen and oxygen atoms in total. The van der Waals surface area contributed by atoms with E-state index in [9.17, 15) is 0 Å². The zero-order chi connectivity index (χ0) is 11.4. The SMILES string of the molecule is CCc1ccc(N=Cc2cccn2C)cc1. The van der Waals surface area contributed by atoms with Gasteiger partial charge in [0.25, 0.3) is 0 Å². The number of rotatable bonds is 3. The Labute approximate surface area is 96.3 Å². The lowest BCUT2D eigenvalue weighted by Crippen LogP contribution is -1.91. The second-order valence-corrected chi connectivity index (χ2v) is 3.82. The van der Waals surface area contributed by atoms with E-state index >= 15 is 0 Å². The Morgan fingerprint density at radius 3 is 2.50 bits per heavy atom. The molecule has 0 saturated carbocycles. The molecular formula is C14H16N2. The molecule has 0 aliphatic heterocycles. The normalized spacial score (nSPS) is 11.1. The van der Waals surface area contributed by atoms with Gasteiger partial charge in [-0.25, -0.2) is 0 Å². The molecule has 2 heteroatoms. The van der Waals surface area contributed by atoms with Crippen molar-refractivity contribution in [1.82, 2.24) is 4.57 Å². The molecule has 2 rings (SSSR count). The maximum Gasteiger partial charge on any atom is 0.0630 e. The van der Waals surface area contributed by atoms with Gasteiger partial charge in [0, 0.05) is 13.2 Å². The summed E-state index contributed by atoms with van der Waals surface area (Å²) in [5.74, 6) is 0. The number of aromatic nitrogens is 1. The fraction of sp³-hybridized carbons (Fsp3) is 0.214. The van der Waals surface area contributed by atoms with Gasteiger partial charge in [0.05, 0.1) is 17.6 Å². The van der Waals surface area contributed by atoms with Crippen molar-refractivity contribution in [1.29, 1.82) is 0 Å². The maximum absolute atomic E-state index is 4.44. The lowest BCUT2D eigenvalue weighted by molar-refractivity contribution is 0.918. The molecule has 0 N–H and O–H groups in total. The molecule has 0 bridgehead atoms. The van der Waals surface area contributed by atoms with E-state index in [0.29, 0.717) is 0 Å². The molecule has 16 heavy (non-hydrogen) atoms. The van der Waals surface area contributed by atoms with Crippen LogP contribution in [0.3, 0.4) is 0 Å². The second kappa shape index (κ2) is 4.79. The third-order valence-electron chi connectivity index (χ3n) is 2.67. The van der Waals surface area contributed by atoms with E-state index in [2.05, 4.69) is 36.2 Å². The summed E-state index contributed by atoms with van der Waals surface area (Å²) >= 11 is 0. The van der Waals surface area contributed by atoms with E-state index in [1.54, 1.807) is 0 Å². The number of nitrogens with zero attached hydrogens (tertiary/aromatic N) is 2. The van der Waals surface area contributed by atoms with Crippen LogP contribution in [0.25, 0.3) is 0 Å². The molecular weight excluding hydrogens is 196 g/mol. The summed E-state index contributed by atoms with van der Waals surface area (Å²) in [7, 11) is 2.02. The molecule has 0 aliphatic rings. The molecule has 0 atom stereocenters. The van der Waals surface area contributed by atoms with Crippen LogP contribution in [-0.2, 0) is 13.5 Å². The molecule has 2 aromatic rings. The number of aliphatic imine (C=N–C) groups is 1. The first-order chi connectivity index (χ1) is 7.79. The van der Waals surface area contributed by atoms with E-state index in [4.69, 9.17) is 0 Å². The van der Waals surface area contributed by atoms with E-state index in [-0.39, 0.29) is 0 Å². The standard InChI is InChI=1S/C14H16N2/c1-3-12-6-8-13(9-7-12)15-11-14-5-4-10-16(14)2/h4-11H,3H2,1-2H3. The van der Waals surface area contributed by atoms with Crippen LogP contribution in [0, 0.1) is 0 Å². The Balaban J connectivity index is 2.14. The number of hydrogen-bond donors (Lipinski definition) is 0. The number of hydrogen-bond acceptors (Lipinski definition) is 1. The minimum absolute atomic E-state index is 0.999. The topological polar surface area (TPSA) is 17.3 Å². The van der Waals surface area contributed by atoms with Gasteiger partial charge < -0.3 is 4.57 Å². The van der Waals surface area contributed by atoms with Gasteiger partial charge in [-0.1, -0.05) is 19.1 Å². The first-order valence-electron chi connectivity index (χ1n) is 5.54. The first kappa shape index (κ1) is 10.7. The Hall–Kier alpha value is -1.83. The Morgan fingerprint density at radius 2 is 1.94 bits per heavy atom. The minimum atomic E-state index is 0.999. The fourth-order valence-corrected chi connectivity index (χ4v) is 1.57. The molecule has 82 valence electrons. The van der Waals surface area contributed by atoms with E-state index < -0.39 is 0 Å². The highest BCUT2D eigenvalue weighted by molar-refractivity contribution is 5.80. The van der Waals surface area contributed by atoms with Gasteiger partial charge in [-0.2, -0.15) is 0 Å². The highest BCUT2D eigenvalue weighted by atomic mass is 14.9. The van der Waals surface area contributed by atoms with Crippen molar-refractivity contribution < 1.29 is 0 Å². The number of benzene rings is 1. The molecule has 1 aromatic heterocycles. The Bertz CT molecular complexity index is 478. The second-order valence-electron chi connectivity index (χ2n) is 3.82. The van der Waals surface area contributed by atoms with Gasteiger partial charge in [-0.15, -0.1) is 0 Å². The minimum Gasteiger partial charge on any atom is -0.350 e. The van der Waals surface area contributed by atoms with Gasteiger partial charge in [0.1, 0.15) is 0 Å². The third-order valence-corrected chi connectivity index (χ3v) is 2.67. The van der Waals surface area contributed by atoms with Crippen LogP contribution in [0.2, 0.25) is 0 Å². The van der Waals surface area contributed by atoms with Crippen LogP contribution in [0.5, 0.6) is 0 Å². The Kier molecular flexibility index (Phi) is 3.20. The summed E-state index contributed by atoms with van der Waals surface area (Å²) in [6.07, 6.45) is 4.98. The summed E-state index contributed by atoms with van der Waals surface area (Å²) < 4.78 is 2.05. The highest BCUT2D eigenvalue weighted by Gasteiger charge is 1.93. The van der Waals surface area contributed by atoms with Gasteiger partial charge in [-0.3, -0.25) is 4.99 Å². The lowest BCUT2D eigenvalue weighted by atomic mass is 10.1. The van der Waals surface area contributed by atoms with E-state index in [0.717, 1.165) is 17.8 Å². The van der Waals surface area contributed by atoms with E-state index in [1.165, 1.54) is 5.56 Å². The summed E-state index contributed by atoms with van der Waals surface area (Å²) in [5, 5.41) is 0. The summed E-state index contributed by atoms with van der Waals surface area (Å²) in [4.78, 5) is 4.44. The van der Waals surface area contributed by atoms with Crippen molar-refractivity contribution >= 4 is 11.9 Å². The molecule has 0 aliphatic carbocycles. The average molecular weight is 212 g/mol. The lowest BCUT2D eigenvalue weighted by Gasteiger charge is -1.98. The summed E-state index contributed by atoms with van der Waals surface area (Å²) in [6.45, 7) is 2.16. The quantitative estimate of drug-likeness (QED) is 0.694. The van der Waals surface area contributed by atoms with Crippen LogP contribution >= 0.6 is 0 Å². The molecule has 0 saturated heterocycles. The summed E-state index contributed by atoms with van der Waals surface area (Å²) in [6, 6.07) is 12.4. The fourth-order valence-electron chi connectivity index (χ4n) is 1.57. The van der Waals surface area contributed by atoms with Gasteiger partial charge in [0.2, 0.25) is 0 Å². The third kappa shape index (κ3) is 2.40. The van der Waals surface area contributed by atoms with Crippen molar-refractivity contribution in [2.24, 2.45) is 12.0 Å². The first-order valence-corrected chi connectivity index (χ1v) is 5.54. The molecule has 0 amide bonds. The molecule has 1 aromatic carbocycles. The Morgan fingerprint density at radius 1 is 1.19 bits per heavy atom. The predicted molar refractivity (Wildman–Crippen MR) is 68.5 cm³/mol. The van der Waals surface area contributed by atoms with E-state index in [1.807, 2.05) is 36.2 Å². The van der Waals surface area contributed by atoms with Crippen LogP contribution in [0.4, 0.5) is 5.69 Å². The van der Waals surface area contributed by atoms with Crippen molar-refractivity contribution in [2.75, 3.05) is 0 Å².